The molecular formula is C12H19N3O5S. The first-order valence-corrected chi connectivity index (χ1v) is 7.88. The van der Waals surface area contributed by atoms with Crippen LogP contribution in [0.15, 0.2) is 17.2 Å². The van der Waals surface area contributed by atoms with E-state index in [0.29, 0.717) is 13.1 Å². The number of rotatable bonds is 7. The summed E-state index contributed by atoms with van der Waals surface area (Å²) < 4.78 is 27.4. The number of likely N-dealkylation sites (N-methyl/N-ethyl adjacent to an activating group) is 1. The van der Waals surface area contributed by atoms with Crippen LogP contribution in [-0.2, 0) is 21.9 Å². The lowest BCUT2D eigenvalue weighted by Crippen LogP contribution is -2.39. The largest absolute Gasteiger partial charge is 0.477 e. The summed E-state index contributed by atoms with van der Waals surface area (Å²) in [6, 6.07) is 1.05. The minimum Gasteiger partial charge on any atom is -0.477 e. The molecule has 9 heteroatoms. The summed E-state index contributed by atoms with van der Waals surface area (Å²) in [5.74, 6) is -1.56. The number of amides is 1. The van der Waals surface area contributed by atoms with E-state index in [0.717, 1.165) is 6.07 Å². The van der Waals surface area contributed by atoms with Crippen LogP contribution in [0.25, 0.3) is 0 Å². The number of nitrogens with one attached hydrogen (secondary N) is 1. The van der Waals surface area contributed by atoms with Gasteiger partial charge in [-0.25, -0.2) is 17.9 Å². The molecule has 8 nitrogen and oxygen atoms in total. The van der Waals surface area contributed by atoms with Gasteiger partial charge in [-0.05, 0) is 19.9 Å². The number of nitrogens with zero attached hydrogens (tertiary/aromatic N) is 2. The number of carbonyl (C=O) groups excluding carboxylic acids is 1. The van der Waals surface area contributed by atoms with Crippen LogP contribution in [0.2, 0.25) is 0 Å². The fourth-order valence-corrected chi connectivity index (χ4v) is 2.87. The van der Waals surface area contributed by atoms with Gasteiger partial charge in [-0.1, -0.05) is 0 Å². The zero-order valence-corrected chi connectivity index (χ0v) is 13.0. The maximum Gasteiger partial charge on any atom is 0.352 e. The minimum absolute atomic E-state index is 0.148. The summed E-state index contributed by atoms with van der Waals surface area (Å²) in [6.45, 7) is 4.22. The van der Waals surface area contributed by atoms with Gasteiger partial charge in [0, 0.05) is 26.3 Å². The predicted octanol–water partition coefficient (Wildman–Crippen LogP) is -0.130. The average molecular weight is 317 g/mol. The molecule has 0 bridgehead atoms. The number of hydrogen-bond donors (Lipinski definition) is 2. The smallest absolute Gasteiger partial charge is 0.352 e. The number of carbonyl (C=O) groups is 2. The fraction of sp³-hybridized carbons (Fsp3) is 0.500. The van der Waals surface area contributed by atoms with Crippen LogP contribution < -0.4 is 4.72 Å². The fourth-order valence-electron chi connectivity index (χ4n) is 1.82. The Hall–Kier alpha value is -1.87. The molecule has 0 radical (unpaired) electrons. The summed E-state index contributed by atoms with van der Waals surface area (Å²) in [5, 5.41) is 8.90. The SMILES string of the molecule is CCN(CC)C(=O)CNS(=O)(=O)c1cc(C(=O)O)n(C)c1. The van der Waals surface area contributed by atoms with Crippen LogP contribution in [-0.4, -0.2) is 54.5 Å². The first-order valence-electron chi connectivity index (χ1n) is 6.40. The molecule has 0 aliphatic heterocycles. The monoisotopic (exact) mass is 317 g/mol. The van der Waals surface area contributed by atoms with E-state index in [9.17, 15) is 18.0 Å². The van der Waals surface area contributed by atoms with Crippen LogP contribution in [0.4, 0.5) is 0 Å². The molecule has 0 saturated heterocycles. The van der Waals surface area contributed by atoms with E-state index in [1.807, 2.05) is 0 Å². The summed E-state index contributed by atoms with van der Waals surface area (Å²) in [7, 11) is -2.49. The van der Waals surface area contributed by atoms with Gasteiger partial charge in [0.2, 0.25) is 15.9 Å². The molecule has 118 valence electrons. The molecule has 0 aliphatic rings. The van der Waals surface area contributed by atoms with Gasteiger partial charge in [-0.2, -0.15) is 0 Å². The molecule has 0 unspecified atom stereocenters. The highest BCUT2D eigenvalue weighted by molar-refractivity contribution is 7.89. The maximum absolute atomic E-state index is 12.0. The highest BCUT2D eigenvalue weighted by Crippen LogP contribution is 2.13. The van der Waals surface area contributed by atoms with Gasteiger partial charge in [0.25, 0.3) is 0 Å². The average Bonchev–Trinajstić information content (AvgIpc) is 2.81. The first-order chi connectivity index (χ1) is 9.72. The Morgan fingerprint density at radius 2 is 1.90 bits per heavy atom. The van der Waals surface area contributed by atoms with E-state index in [2.05, 4.69) is 4.72 Å². The second kappa shape index (κ2) is 6.72. The summed E-state index contributed by atoms with van der Waals surface area (Å²) in [6.07, 6.45) is 1.19. The Labute approximate surface area is 123 Å². The number of aromatic carboxylic acids is 1. The lowest BCUT2D eigenvalue weighted by Gasteiger charge is -2.18. The lowest BCUT2D eigenvalue weighted by molar-refractivity contribution is -0.129. The highest BCUT2D eigenvalue weighted by Gasteiger charge is 2.21. The zero-order chi connectivity index (χ0) is 16.2. The molecular weight excluding hydrogens is 298 g/mol. The topological polar surface area (TPSA) is 109 Å². The standard InChI is InChI=1S/C12H19N3O5S/c1-4-15(5-2)11(16)7-13-21(19,20)9-6-10(12(17)18)14(3)8-9/h6,8,13H,4-5,7H2,1-3H3,(H,17,18). The molecule has 0 fully saturated rings. The Morgan fingerprint density at radius 1 is 1.33 bits per heavy atom. The molecule has 1 aromatic heterocycles. The van der Waals surface area contributed by atoms with Gasteiger partial charge in [0.05, 0.1) is 6.54 Å². The van der Waals surface area contributed by atoms with Crippen molar-refractivity contribution in [3.05, 3.63) is 18.0 Å². The molecule has 21 heavy (non-hydrogen) atoms. The van der Waals surface area contributed by atoms with E-state index >= 15 is 0 Å². The van der Waals surface area contributed by atoms with Crippen molar-refractivity contribution in [2.24, 2.45) is 7.05 Å². The normalized spacial score (nSPS) is 11.4. The molecule has 0 saturated carbocycles. The Bertz CT molecular complexity index is 631. The van der Waals surface area contributed by atoms with Crippen molar-refractivity contribution >= 4 is 21.9 Å². The number of aryl methyl sites for hydroxylation is 1. The van der Waals surface area contributed by atoms with Crippen LogP contribution in [0.1, 0.15) is 24.3 Å². The summed E-state index contributed by atoms with van der Waals surface area (Å²) in [4.78, 5) is 24.0. The van der Waals surface area contributed by atoms with E-state index in [1.54, 1.807) is 13.8 Å². The van der Waals surface area contributed by atoms with E-state index in [-0.39, 0.29) is 23.0 Å². The third kappa shape index (κ3) is 4.05. The summed E-state index contributed by atoms with van der Waals surface area (Å²) in [5.41, 5.74) is -0.148. The van der Waals surface area contributed by atoms with Crippen LogP contribution in [0.3, 0.4) is 0 Å². The molecule has 0 spiro atoms. The number of carboxylic acid groups (broad SMARTS) is 1. The van der Waals surface area contributed by atoms with Crippen molar-refractivity contribution < 1.29 is 23.1 Å². The van der Waals surface area contributed by atoms with E-state index in [4.69, 9.17) is 5.11 Å². The van der Waals surface area contributed by atoms with Gasteiger partial charge >= 0.3 is 5.97 Å². The lowest BCUT2D eigenvalue weighted by atomic mass is 10.4. The Balaban J connectivity index is 2.85. The molecule has 1 aromatic rings. The maximum atomic E-state index is 12.0. The second-order valence-corrected chi connectivity index (χ2v) is 6.13. The molecule has 1 rings (SSSR count). The van der Waals surface area contributed by atoms with Gasteiger partial charge in [-0.15, -0.1) is 0 Å². The predicted molar refractivity (Wildman–Crippen MR) is 75.5 cm³/mol. The third-order valence-corrected chi connectivity index (χ3v) is 4.41. The van der Waals surface area contributed by atoms with Gasteiger partial charge in [0.15, 0.2) is 0 Å². The van der Waals surface area contributed by atoms with Crippen molar-refractivity contribution in [1.82, 2.24) is 14.2 Å². The second-order valence-electron chi connectivity index (χ2n) is 4.37. The van der Waals surface area contributed by atoms with Crippen molar-refractivity contribution in [2.75, 3.05) is 19.6 Å². The van der Waals surface area contributed by atoms with Crippen LogP contribution >= 0.6 is 0 Å². The minimum atomic E-state index is -3.92. The molecule has 0 aromatic carbocycles. The van der Waals surface area contributed by atoms with Crippen molar-refractivity contribution in [3.63, 3.8) is 0 Å². The van der Waals surface area contributed by atoms with E-state index < -0.39 is 16.0 Å². The highest BCUT2D eigenvalue weighted by atomic mass is 32.2. The number of carboxylic acids is 1. The zero-order valence-electron chi connectivity index (χ0n) is 12.2. The van der Waals surface area contributed by atoms with Crippen LogP contribution in [0, 0.1) is 0 Å². The van der Waals surface area contributed by atoms with Crippen LogP contribution in [0.5, 0.6) is 0 Å². The van der Waals surface area contributed by atoms with E-state index in [1.165, 1.54) is 22.7 Å². The van der Waals surface area contributed by atoms with Gasteiger partial charge < -0.3 is 14.6 Å². The first kappa shape index (κ1) is 17.2. The third-order valence-electron chi connectivity index (χ3n) is 3.04. The molecule has 1 amide bonds. The van der Waals surface area contributed by atoms with Crippen molar-refractivity contribution in [1.29, 1.82) is 0 Å². The number of aromatic nitrogens is 1. The Kier molecular flexibility index (Phi) is 5.50. The number of hydrogen-bond acceptors (Lipinski definition) is 4. The molecule has 0 aliphatic carbocycles. The van der Waals surface area contributed by atoms with Crippen molar-refractivity contribution in [2.45, 2.75) is 18.7 Å². The molecule has 1 heterocycles. The molecule has 0 atom stereocenters. The quantitative estimate of drug-likeness (QED) is 0.728. The Morgan fingerprint density at radius 3 is 2.33 bits per heavy atom. The summed E-state index contributed by atoms with van der Waals surface area (Å²) >= 11 is 0. The van der Waals surface area contributed by atoms with Gasteiger partial charge in [0.1, 0.15) is 10.6 Å². The molecule has 2 N–H and O–H groups in total. The van der Waals surface area contributed by atoms with Crippen molar-refractivity contribution in [3.8, 4) is 0 Å². The number of sulfonamides is 1. The van der Waals surface area contributed by atoms with Gasteiger partial charge in [-0.3, -0.25) is 4.79 Å².